The van der Waals surface area contributed by atoms with E-state index >= 15 is 0 Å². The number of aryl methyl sites for hydroxylation is 1. The largest absolute Gasteiger partial charge is 0.468 e. The Bertz CT molecular complexity index is 986. The summed E-state index contributed by atoms with van der Waals surface area (Å²) in [4.78, 5) is 19.4. The van der Waals surface area contributed by atoms with E-state index in [1.165, 1.54) is 31.0 Å². The number of amides is 1. The lowest BCUT2D eigenvalue weighted by atomic mass is 10.2. The number of thiocarbonyl (C=S) groups is 1. The SMILES string of the molecule is Cc1cc(C(F)(F)F)cc(N2C(=S)OCC2C(=O)N(C)c2ccc(F)c(Cl)c2)n1. The minimum absolute atomic E-state index is 0.106. The molecule has 11 heteroatoms. The van der Waals surface area contributed by atoms with Crippen molar-refractivity contribution in [1.29, 1.82) is 0 Å². The van der Waals surface area contributed by atoms with E-state index in [0.29, 0.717) is 5.69 Å². The quantitative estimate of drug-likeness (QED) is 0.517. The van der Waals surface area contributed by atoms with Crippen LogP contribution in [0, 0.1) is 12.7 Å². The van der Waals surface area contributed by atoms with E-state index in [2.05, 4.69) is 4.98 Å². The molecule has 1 fully saturated rings. The van der Waals surface area contributed by atoms with Gasteiger partial charge in [0.25, 0.3) is 11.1 Å². The molecule has 1 saturated heterocycles. The number of benzene rings is 1. The van der Waals surface area contributed by atoms with E-state index in [9.17, 15) is 22.4 Å². The maximum Gasteiger partial charge on any atom is 0.416 e. The Morgan fingerprint density at radius 2 is 2.03 bits per heavy atom. The molecule has 0 spiro atoms. The highest BCUT2D eigenvalue weighted by Gasteiger charge is 2.41. The summed E-state index contributed by atoms with van der Waals surface area (Å²) in [5.41, 5.74) is -0.513. The number of ether oxygens (including phenoxy) is 1. The van der Waals surface area contributed by atoms with Crippen molar-refractivity contribution in [2.24, 2.45) is 0 Å². The summed E-state index contributed by atoms with van der Waals surface area (Å²) in [6.07, 6.45) is -4.59. The van der Waals surface area contributed by atoms with Crippen LogP contribution in [0.4, 0.5) is 29.1 Å². The van der Waals surface area contributed by atoms with Crippen molar-refractivity contribution in [1.82, 2.24) is 4.98 Å². The average Bonchev–Trinajstić information content (AvgIpc) is 3.03. The van der Waals surface area contributed by atoms with Crippen molar-refractivity contribution in [2.75, 3.05) is 23.5 Å². The van der Waals surface area contributed by atoms with Crippen molar-refractivity contribution in [3.05, 3.63) is 52.4 Å². The Morgan fingerprint density at radius 3 is 2.66 bits per heavy atom. The number of likely N-dealkylation sites (N-methyl/N-ethyl adjacent to an activating group) is 1. The van der Waals surface area contributed by atoms with E-state index in [-0.39, 0.29) is 28.3 Å². The van der Waals surface area contributed by atoms with Crippen molar-refractivity contribution < 1.29 is 27.1 Å². The van der Waals surface area contributed by atoms with E-state index in [1.807, 2.05) is 0 Å². The minimum Gasteiger partial charge on any atom is -0.468 e. The number of pyridine rings is 1. The highest BCUT2D eigenvalue weighted by molar-refractivity contribution is 7.80. The number of anilines is 2. The molecule has 1 aromatic carbocycles. The highest BCUT2D eigenvalue weighted by Crippen LogP contribution is 2.33. The summed E-state index contributed by atoms with van der Waals surface area (Å²) >= 11 is 10.8. The maximum absolute atomic E-state index is 13.4. The maximum atomic E-state index is 13.4. The Hall–Kier alpha value is -2.46. The van der Waals surface area contributed by atoms with E-state index < -0.39 is 29.5 Å². The molecule has 3 rings (SSSR count). The number of alkyl halides is 3. The van der Waals surface area contributed by atoms with Gasteiger partial charge in [-0.2, -0.15) is 13.2 Å². The lowest BCUT2D eigenvalue weighted by molar-refractivity contribution is -0.137. The number of rotatable bonds is 3. The Balaban J connectivity index is 1.95. The zero-order chi connectivity index (χ0) is 21.5. The van der Waals surface area contributed by atoms with Gasteiger partial charge in [-0.3, -0.25) is 9.69 Å². The minimum atomic E-state index is -4.59. The van der Waals surface area contributed by atoms with Crippen LogP contribution in [0.2, 0.25) is 5.02 Å². The van der Waals surface area contributed by atoms with Gasteiger partial charge in [0.2, 0.25) is 0 Å². The third kappa shape index (κ3) is 4.27. The van der Waals surface area contributed by atoms with E-state index in [1.54, 1.807) is 0 Å². The van der Waals surface area contributed by atoms with Crippen molar-refractivity contribution in [3.63, 3.8) is 0 Å². The first-order valence-electron chi connectivity index (χ1n) is 8.23. The second kappa shape index (κ2) is 7.75. The third-order valence-electron chi connectivity index (χ3n) is 4.29. The molecule has 1 aromatic heterocycles. The number of hydrogen-bond acceptors (Lipinski definition) is 4. The first-order chi connectivity index (χ1) is 13.5. The summed E-state index contributed by atoms with van der Waals surface area (Å²) in [6.45, 7) is 1.23. The van der Waals surface area contributed by atoms with Gasteiger partial charge in [0.05, 0.1) is 10.6 Å². The number of aromatic nitrogens is 1. The lowest BCUT2D eigenvalue weighted by Gasteiger charge is -2.26. The first kappa shape index (κ1) is 21.3. The van der Waals surface area contributed by atoms with Crippen LogP contribution in [-0.2, 0) is 15.7 Å². The Morgan fingerprint density at radius 1 is 1.34 bits per heavy atom. The number of carbonyl (C=O) groups is 1. The van der Waals surface area contributed by atoms with Crippen molar-refractivity contribution >= 4 is 46.4 Å². The average molecular weight is 448 g/mol. The normalized spacial score (nSPS) is 16.7. The summed E-state index contributed by atoms with van der Waals surface area (Å²) < 4.78 is 58.2. The molecule has 1 aliphatic rings. The second-order valence-corrected chi connectivity index (χ2v) is 7.07. The molecule has 1 aliphatic heterocycles. The van der Waals surface area contributed by atoms with Gasteiger partial charge in [-0.15, -0.1) is 0 Å². The van der Waals surface area contributed by atoms with Crippen LogP contribution in [0.5, 0.6) is 0 Å². The Labute approximate surface area is 173 Å². The zero-order valence-corrected chi connectivity index (χ0v) is 16.7. The fraction of sp³-hybridized carbons (Fsp3) is 0.278. The highest BCUT2D eigenvalue weighted by atomic mass is 35.5. The van der Waals surface area contributed by atoms with Gasteiger partial charge in [0.15, 0.2) is 6.04 Å². The van der Waals surface area contributed by atoms with Crippen molar-refractivity contribution in [3.8, 4) is 0 Å². The van der Waals surface area contributed by atoms with E-state index in [4.69, 9.17) is 28.6 Å². The zero-order valence-electron chi connectivity index (χ0n) is 15.1. The van der Waals surface area contributed by atoms with Crippen LogP contribution in [0.1, 0.15) is 11.3 Å². The first-order valence-corrected chi connectivity index (χ1v) is 9.02. The smallest absolute Gasteiger partial charge is 0.416 e. The fourth-order valence-corrected chi connectivity index (χ4v) is 3.30. The molecule has 2 heterocycles. The van der Waals surface area contributed by atoms with Gasteiger partial charge in [0.1, 0.15) is 18.2 Å². The topological polar surface area (TPSA) is 45.7 Å². The Kier molecular flexibility index (Phi) is 5.68. The molecule has 1 unspecified atom stereocenters. The van der Waals surface area contributed by atoms with Crippen LogP contribution in [0.15, 0.2) is 30.3 Å². The molecule has 29 heavy (non-hydrogen) atoms. The van der Waals surface area contributed by atoms with Gasteiger partial charge in [-0.05, 0) is 49.5 Å². The molecule has 0 N–H and O–H groups in total. The van der Waals surface area contributed by atoms with Gasteiger partial charge in [0, 0.05) is 18.4 Å². The molecule has 154 valence electrons. The standard InChI is InChI=1S/C18H14ClF4N3O2S/c1-9-5-10(18(21,22)23)6-15(24-9)26-14(8-28-17(26)29)16(27)25(2)11-3-4-13(20)12(19)7-11/h3-7,14H,8H2,1-2H3. The summed E-state index contributed by atoms with van der Waals surface area (Å²) in [6, 6.07) is 4.37. The monoisotopic (exact) mass is 447 g/mol. The molecule has 5 nitrogen and oxygen atoms in total. The predicted molar refractivity (Wildman–Crippen MR) is 104 cm³/mol. The number of hydrogen-bond donors (Lipinski definition) is 0. The van der Waals surface area contributed by atoms with Gasteiger partial charge >= 0.3 is 6.18 Å². The lowest BCUT2D eigenvalue weighted by Crippen LogP contribution is -2.47. The van der Waals surface area contributed by atoms with Crippen LogP contribution in [0.25, 0.3) is 0 Å². The number of nitrogens with zero attached hydrogens (tertiary/aromatic N) is 3. The molecule has 0 aliphatic carbocycles. The molecule has 1 atom stereocenters. The summed E-state index contributed by atoms with van der Waals surface area (Å²) in [5, 5.41) is -0.340. The second-order valence-electron chi connectivity index (χ2n) is 6.31. The molecular weight excluding hydrogens is 434 g/mol. The molecule has 0 radical (unpaired) electrons. The molecule has 1 amide bonds. The van der Waals surface area contributed by atoms with Crippen LogP contribution in [-0.4, -0.2) is 35.8 Å². The summed E-state index contributed by atoms with van der Waals surface area (Å²) in [7, 11) is 1.43. The summed E-state index contributed by atoms with van der Waals surface area (Å²) in [5.74, 6) is -1.33. The van der Waals surface area contributed by atoms with Crippen molar-refractivity contribution in [2.45, 2.75) is 19.1 Å². The number of halogens is 5. The predicted octanol–water partition coefficient (Wildman–Crippen LogP) is 4.35. The fourth-order valence-electron chi connectivity index (χ4n) is 2.84. The molecular formula is C18H14ClF4N3O2S. The van der Waals surface area contributed by atoms with Gasteiger partial charge < -0.3 is 9.64 Å². The third-order valence-corrected chi connectivity index (χ3v) is 4.90. The number of carbonyl (C=O) groups excluding carboxylic acids is 1. The molecule has 0 bridgehead atoms. The van der Waals surface area contributed by atoms with Gasteiger partial charge in [-0.25, -0.2) is 9.37 Å². The van der Waals surface area contributed by atoms with Crippen LogP contribution >= 0.6 is 23.8 Å². The van der Waals surface area contributed by atoms with Crippen LogP contribution < -0.4 is 9.80 Å². The van der Waals surface area contributed by atoms with Crippen LogP contribution in [0.3, 0.4) is 0 Å². The van der Waals surface area contributed by atoms with E-state index in [0.717, 1.165) is 23.1 Å². The molecule has 2 aromatic rings. The molecule has 0 saturated carbocycles. The van der Waals surface area contributed by atoms with Gasteiger partial charge in [-0.1, -0.05) is 11.6 Å².